The number of nitrogens with one attached hydrogen (secondary N) is 1. The Morgan fingerprint density at radius 2 is 1.95 bits per heavy atom. The first-order valence-corrected chi connectivity index (χ1v) is 6.01. The monoisotopic (exact) mass is 262 g/mol. The van der Waals surface area contributed by atoms with Gasteiger partial charge in [-0.1, -0.05) is 18.2 Å². The summed E-state index contributed by atoms with van der Waals surface area (Å²) in [5.41, 5.74) is 2.17. The number of nitrogens with zero attached hydrogens (tertiary/aromatic N) is 3. The van der Waals surface area contributed by atoms with Gasteiger partial charge >= 0.3 is 0 Å². The molecule has 1 aromatic carbocycles. The molecule has 2 aromatic heterocycles. The van der Waals surface area contributed by atoms with E-state index in [1.54, 1.807) is 28.9 Å². The summed E-state index contributed by atoms with van der Waals surface area (Å²) in [7, 11) is 0. The predicted molar refractivity (Wildman–Crippen MR) is 74.3 cm³/mol. The fraction of sp³-hybridized carbons (Fsp3) is 0. The minimum absolute atomic E-state index is 0.279. The molecule has 0 unspecified atom stereocenters. The molecule has 0 bridgehead atoms. The van der Waals surface area contributed by atoms with E-state index < -0.39 is 0 Å². The van der Waals surface area contributed by atoms with Crippen molar-refractivity contribution in [1.82, 2.24) is 9.38 Å². The van der Waals surface area contributed by atoms with Crippen molar-refractivity contribution in [3.63, 3.8) is 0 Å². The van der Waals surface area contributed by atoms with Gasteiger partial charge in [-0.2, -0.15) is 5.26 Å². The lowest BCUT2D eigenvalue weighted by molar-refractivity contribution is 0.102. The first-order chi connectivity index (χ1) is 9.76. The number of hydrogen-bond donors (Lipinski definition) is 1. The first-order valence-electron chi connectivity index (χ1n) is 6.01. The summed E-state index contributed by atoms with van der Waals surface area (Å²) in [6.45, 7) is 0. The van der Waals surface area contributed by atoms with Crippen molar-refractivity contribution >= 4 is 17.2 Å². The average molecular weight is 262 g/mol. The molecule has 0 saturated carbocycles. The van der Waals surface area contributed by atoms with Gasteiger partial charge in [0.15, 0.2) is 0 Å². The minimum Gasteiger partial charge on any atom is -0.321 e. The lowest BCUT2D eigenvalue weighted by Gasteiger charge is -2.01. The first kappa shape index (κ1) is 11.9. The number of imidazole rings is 1. The highest BCUT2D eigenvalue weighted by Crippen LogP contribution is 2.10. The molecule has 20 heavy (non-hydrogen) atoms. The molecule has 0 saturated heterocycles. The smallest absolute Gasteiger partial charge is 0.275 e. The fourth-order valence-electron chi connectivity index (χ4n) is 1.88. The van der Waals surface area contributed by atoms with E-state index in [4.69, 9.17) is 5.26 Å². The zero-order valence-corrected chi connectivity index (χ0v) is 10.4. The van der Waals surface area contributed by atoms with Gasteiger partial charge < -0.3 is 9.72 Å². The van der Waals surface area contributed by atoms with E-state index in [0.29, 0.717) is 22.6 Å². The maximum absolute atomic E-state index is 12.1. The number of carbonyl (C=O) groups excluding carboxylic acids is 1. The number of anilines is 1. The molecule has 3 rings (SSSR count). The second-order valence-corrected chi connectivity index (χ2v) is 4.24. The van der Waals surface area contributed by atoms with Crippen LogP contribution in [-0.4, -0.2) is 15.3 Å². The van der Waals surface area contributed by atoms with Gasteiger partial charge in [0.1, 0.15) is 17.4 Å². The molecule has 5 nitrogen and oxygen atoms in total. The molecule has 1 N–H and O–H groups in total. The highest BCUT2D eigenvalue weighted by atomic mass is 16.1. The van der Waals surface area contributed by atoms with Crippen LogP contribution in [0.25, 0.3) is 5.65 Å². The number of rotatable bonds is 2. The highest BCUT2D eigenvalue weighted by Gasteiger charge is 2.11. The summed E-state index contributed by atoms with van der Waals surface area (Å²) in [4.78, 5) is 16.3. The van der Waals surface area contributed by atoms with Crippen LogP contribution in [0.1, 0.15) is 16.1 Å². The Kier molecular flexibility index (Phi) is 2.90. The Bertz CT molecular complexity index is 815. The Balaban J connectivity index is 1.90. The van der Waals surface area contributed by atoms with Crippen LogP contribution in [0.3, 0.4) is 0 Å². The van der Waals surface area contributed by atoms with Gasteiger partial charge in [-0.05, 0) is 24.3 Å². The van der Waals surface area contributed by atoms with Crippen LogP contribution < -0.4 is 5.32 Å². The Hall–Kier alpha value is -3.13. The molecule has 3 aromatic rings. The lowest BCUT2D eigenvalue weighted by Crippen LogP contribution is -2.11. The van der Waals surface area contributed by atoms with Gasteiger partial charge in [-0.25, -0.2) is 4.98 Å². The molecule has 0 aliphatic heterocycles. The third kappa shape index (κ3) is 2.22. The van der Waals surface area contributed by atoms with E-state index in [1.165, 1.54) is 0 Å². The molecule has 0 fully saturated rings. The maximum atomic E-state index is 12.1. The van der Waals surface area contributed by atoms with E-state index in [-0.39, 0.29) is 5.91 Å². The molecule has 1 amide bonds. The van der Waals surface area contributed by atoms with Gasteiger partial charge in [0.25, 0.3) is 5.91 Å². The van der Waals surface area contributed by atoms with Crippen LogP contribution in [0.4, 0.5) is 5.69 Å². The largest absolute Gasteiger partial charge is 0.321 e. The second kappa shape index (κ2) is 4.86. The summed E-state index contributed by atoms with van der Waals surface area (Å²) in [6.07, 6.45) is 3.25. The Morgan fingerprint density at radius 3 is 2.70 bits per heavy atom. The second-order valence-electron chi connectivity index (χ2n) is 4.24. The van der Waals surface area contributed by atoms with Gasteiger partial charge in [-0.3, -0.25) is 4.79 Å². The Labute approximate surface area is 115 Å². The number of fused-ring (bicyclic) bond motifs is 1. The molecular formula is C15H10N4O. The van der Waals surface area contributed by atoms with Crippen molar-refractivity contribution in [2.75, 3.05) is 5.32 Å². The number of para-hydroxylation sites is 1. The molecule has 0 atom stereocenters. The van der Waals surface area contributed by atoms with E-state index >= 15 is 0 Å². The minimum atomic E-state index is -0.279. The molecule has 2 heterocycles. The number of pyridine rings is 1. The summed E-state index contributed by atoms with van der Waals surface area (Å²) < 4.78 is 1.67. The standard InChI is InChI=1S/C15H10N4O/c16-8-11-6-7-14-18-13(10-19(14)9-11)15(20)17-12-4-2-1-3-5-12/h1-7,9-10H,(H,17,20). The van der Waals surface area contributed by atoms with E-state index in [1.807, 2.05) is 36.4 Å². The van der Waals surface area contributed by atoms with E-state index in [9.17, 15) is 4.79 Å². The zero-order chi connectivity index (χ0) is 13.9. The normalized spacial score (nSPS) is 10.2. The van der Waals surface area contributed by atoms with Crippen LogP contribution >= 0.6 is 0 Å². The number of carbonyl (C=O) groups is 1. The van der Waals surface area contributed by atoms with Gasteiger partial charge in [0.2, 0.25) is 0 Å². The van der Waals surface area contributed by atoms with Crippen LogP contribution in [0, 0.1) is 11.3 Å². The summed E-state index contributed by atoms with van der Waals surface area (Å²) in [6, 6.07) is 14.6. The Morgan fingerprint density at radius 1 is 1.15 bits per heavy atom. The SMILES string of the molecule is N#Cc1ccc2nc(C(=O)Nc3ccccc3)cn2c1. The predicted octanol–water partition coefficient (Wildman–Crippen LogP) is 2.46. The van der Waals surface area contributed by atoms with Crippen LogP contribution in [0.2, 0.25) is 0 Å². The van der Waals surface area contributed by atoms with Crippen molar-refractivity contribution in [2.45, 2.75) is 0 Å². The fourth-order valence-corrected chi connectivity index (χ4v) is 1.88. The number of amides is 1. The van der Waals surface area contributed by atoms with Gasteiger partial charge in [0.05, 0.1) is 5.56 Å². The topological polar surface area (TPSA) is 70.2 Å². The van der Waals surface area contributed by atoms with Crippen molar-refractivity contribution in [3.8, 4) is 6.07 Å². The third-order valence-electron chi connectivity index (χ3n) is 2.84. The van der Waals surface area contributed by atoms with Crippen molar-refractivity contribution in [1.29, 1.82) is 5.26 Å². The van der Waals surface area contributed by atoms with Gasteiger partial charge in [-0.15, -0.1) is 0 Å². The maximum Gasteiger partial charge on any atom is 0.275 e. The van der Waals surface area contributed by atoms with E-state index in [2.05, 4.69) is 10.3 Å². The molecule has 96 valence electrons. The van der Waals surface area contributed by atoms with Crippen molar-refractivity contribution in [3.05, 3.63) is 66.1 Å². The van der Waals surface area contributed by atoms with Gasteiger partial charge in [0, 0.05) is 18.1 Å². The molecule has 0 radical (unpaired) electrons. The summed E-state index contributed by atoms with van der Waals surface area (Å²) >= 11 is 0. The number of benzene rings is 1. The number of hydrogen-bond acceptors (Lipinski definition) is 3. The summed E-state index contributed by atoms with van der Waals surface area (Å²) in [5.74, 6) is -0.279. The lowest BCUT2D eigenvalue weighted by atomic mass is 10.3. The van der Waals surface area contributed by atoms with E-state index in [0.717, 1.165) is 0 Å². The molecule has 0 spiro atoms. The molecule has 0 aliphatic rings. The van der Waals surface area contributed by atoms with Crippen molar-refractivity contribution < 1.29 is 4.79 Å². The number of nitriles is 1. The number of aromatic nitrogens is 2. The summed E-state index contributed by atoms with van der Waals surface area (Å²) in [5, 5.41) is 11.6. The van der Waals surface area contributed by atoms with Crippen LogP contribution in [0.15, 0.2) is 54.9 Å². The van der Waals surface area contributed by atoms with Crippen LogP contribution in [0.5, 0.6) is 0 Å². The molecule has 0 aliphatic carbocycles. The molecule has 5 heteroatoms. The quantitative estimate of drug-likeness (QED) is 0.771. The molecular weight excluding hydrogens is 252 g/mol. The highest BCUT2D eigenvalue weighted by molar-refractivity contribution is 6.03. The zero-order valence-electron chi connectivity index (χ0n) is 10.4. The van der Waals surface area contributed by atoms with Crippen LogP contribution in [-0.2, 0) is 0 Å². The average Bonchev–Trinajstić information content (AvgIpc) is 2.91. The third-order valence-corrected chi connectivity index (χ3v) is 2.84. The van der Waals surface area contributed by atoms with Crippen molar-refractivity contribution in [2.24, 2.45) is 0 Å².